The fourth-order valence-electron chi connectivity index (χ4n) is 2.24. The molecule has 0 atom stereocenters. The van der Waals surface area contributed by atoms with E-state index >= 15 is 0 Å². The molecule has 0 aliphatic carbocycles. The Balaban J connectivity index is 1.77. The number of thiazole rings is 1. The average molecular weight is 292 g/mol. The molecule has 4 rings (SSSR count). The third-order valence-corrected chi connectivity index (χ3v) is 4.15. The van der Waals surface area contributed by atoms with E-state index in [1.165, 1.54) is 0 Å². The summed E-state index contributed by atoms with van der Waals surface area (Å²) in [5.41, 5.74) is 3.68. The number of pyridine rings is 1. The molecule has 0 unspecified atom stereocenters. The average Bonchev–Trinajstić information content (AvgIpc) is 3.15. The number of aromatic nitrogens is 4. The largest absolute Gasteiger partial charge is 0.340 e. The van der Waals surface area contributed by atoms with Gasteiger partial charge in [0, 0.05) is 24.0 Å². The Morgan fingerprint density at radius 3 is 2.71 bits per heavy atom. The summed E-state index contributed by atoms with van der Waals surface area (Å²) in [4.78, 5) is 13.7. The Hall–Kier alpha value is -2.53. The third kappa shape index (κ3) is 2.21. The highest BCUT2D eigenvalue weighted by atomic mass is 32.1. The van der Waals surface area contributed by atoms with E-state index in [-0.39, 0.29) is 0 Å². The smallest absolute Gasteiger partial charge is 0.142 e. The third-order valence-electron chi connectivity index (χ3n) is 3.29. The molecule has 21 heavy (non-hydrogen) atoms. The summed E-state index contributed by atoms with van der Waals surface area (Å²) in [6.07, 6.45) is 3.75. The Labute approximate surface area is 125 Å². The van der Waals surface area contributed by atoms with Crippen molar-refractivity contribution in [3.05, 3.63) is 54.3 Å². The number of fused-ring (bicyclic) bond motifs is 1. The predicted molar refractivity (Wildman–Crippen MR) is 85.1 cm³/mol. The normalized spacial score (nSPS) is 11.1. The summed E-state index contributed by atoms with van der Waals surface area (Å²) >= 11 is 1.59. The first-order valence-electron chi connectivity index (χ1n) is 6.60. The molecule has 5 heteroatoms. The van der Waals surface area contributed by atoms with Crippen molar-refractivity contribution in [2.75, 3.05) is 0 Å². The molecule has 0 radical (unpaired) electrons. The highest BCUT2D eigenvalue weighted by molar-refractivity contribution is 7.13. The topological polar surface area (TPSA) is 43.6 Å². The van der Waals surface area contributed by atoms with E-state index in [1.807, 2.05) is 47.5 Å². The van der Waals surface area contributed by atoms with Gasteiger partial charge < -0.3 is 4.57 Å². The summed E-state index contributed by atoms with van der Waals surface area (Å²) in [5.74, 6) is 0. The van der Waals surface area contributed by atoms with Crippen molar-refractivity contribution in [1.29, 1.82) is 0 Å². The van der Waals surface area contributed by atoms with Crippen LogP contribution in [0.15, 0.2) is 54.3 Å². The molecule has 4 aromatic rings. The van der Waals surface area contributed by atoms with Crippen LogP contribution in [0.3, 0.4) is 0 Å². The zero-order valence-corrected chi connectivity index (χ0v) is 12.2. The van der Waals surface area contributed by atoms with E-state index in [0.29, 0.717) is 0 Å². The quantitative estimate of drug-likeness (QED) is 0.565. The minimum absolute atomic E-state index is 0.890. The second-order valence-corrected chi connectivity index (χ2v) is 5.71. The first-order chi connectivity index (χ1) is 10.3. The highest BCUT2D eigenvalue weighted by Crippen LogP contribution is 2.28. The molecule has 3 aromatic heterocycles. The molecule has 3 heterocycles. The standard InChI is InChI=1S/C16H12N4S/c1-20-8-14(17-10-20)15-9-21-16(19-15)13-7-6-11-4-2-3-5-12(11)18-13/h2-10H,1H3. The fraction of sp³-hybridized carbons (Fsp3) is 0.0625. The molecule has 0 saturated carbocycles. The molecule has 0 bridgehead atoms. The second kappa shape index (κ2) is 4.79. The molecule has 0 saturated heterocycles. The highest BCUT2D eigenvalue weighted by Gasteiger charge is 2.10. The molecule has 4 nitrogen and oxygen atoms in total. The lowest BCUT2D eigenvalue weighted by Crippen LogP contribution is -1.85. The maximum Gasteiger partial charge on any atom is 0.142 e. The lowest BCUT2D eigenvalue weighted by Gasteiger charge is -1.99. The second-order valence-electron chi connectivity index (χ2n) is 4.85. The van der Waals surface area contributed by atoms with E-state index in [1.54, 1.807) is 17.7 Å². The van der Waals surface area contributed by atoms with Crippen molar-refractivity contribution in [3.8, 4) is 22.1 Å². The SMILES string of the molecule is Cn1cnc(-c2csc(-c3ccc4ccccc4n3)n2)c1. The summed E-state index contributed by atoms with van der Waals surface area (Å²) < 4.78 is 1.92. The Bertz CT molecular complexity index is 923. The number of imidazole rings is 1. The predicted octanol–water partition coefficient (Wildman–Crippen LogP) is 3.76. The van der Waals surface area contributed by atoms with Crippen LogP contribution in [-0.2, 0) is 7.05 Å². The van der Waals surface area contributed by atoms with Gasteiger partial charge in [-0.2, -0.15) is 0 Å². The molecule has 0 aliphatic rings. The van der Waals surface area contributed by atoms with Crippen LogP contribution in [0.2, 0.25) is 0 Å². The first-order valence-corrected chi connectivity index (χ1v) is 7.47. The fourth-order valence-corrected chi connectivity index (χ4v) is 3.02. The zero-order valence-electron chi connectivity index (χ0n) is 11.4. The lowest BCUT2D eigenvalue weighted by atomic mass is 10.2. The molecule has 0 N–H and O–H groups in total. The van der Waals surface area contributed by atoms with Gasteiger partial charge in [-0.15, -0.1) is 11.3 Å². The molecule has 1 aromatic carbocycles. The Kier molecular flexibility index (Phi) is 2.79. The minimum Gasteiger partial charge on any atom is -0.340 e. The maximum atomic E-state index is 4.68. The van der Waals surface area contributed by atoms with Crippen LogP contribution < -0.4 is 0 Å². The molecule has 0 fully saturated rings. The molecular weight excluding hydrogens is 280 g/mol. The van der Waals surface area contributed by atoms with Crippen molar-refractivity contribution in [2.24, 2.45) is 7.05 Å². The van der Waals surface area contributed by atoms with Gasteiger partial charge in [-0.1, -0.05) is 24.3 Å². The van der Waals surface area contributed by atoms with Gasteiger partial charge in [0.15, 0.2) is 0 Å². The maximum absolute atomic E-state index is 4.68. The van der Waals surface area contributed by atoms with E-state index in [2.05, 4.69) is 27.1 Å². The lowest BCUT2D eigenvalue weighted by molar-refractivity contribution is 0.913. The van der Waals surface area contributed by atoms with E-state index in [4.69, 9.17) is 0 Å². The van der Waals surface area contributed by atoms with Gasteiger partial charge in [0.05, 0.1) is 17.5 Å². The number of hydrogen-bond acceptors (Lipinski definition) is 4. The van der Waals surface area contributed by atoms with Gasteiger partial charge in [-0.3, -0.25) is 0 Å². The van der Waals surface area contributed by atoms with Crippen LogP contribution >= 0.6 is 11.3 Å². The van der Waals surface area contributed by atoms with Gasteiger partial charge in [-0.05, 0) is 12.1 Å². The van der Waals surface area contributed by atoms with Gasteiger partial charge in [-0.25, -0.2) is 15.0 Å². The monoisotopic (exact) mass is 292 g/mol. The van der Waals surface area contributed by atoms with Crippen LogP contribution in [0.1, 0.15) is 0 Å². The number of aryl methyl sites for hydroxylation is 1. The molecule has 0 amide bonds. The summed E-state index contributed by atoms with van der Waals surface area (Å²) in [7, 11) is 1.95. The summed E-state index contributed by atoms with van der Waals surface area (Å²) in [6, 6.07) is 12.2. The van der Waals surface area contributed by atoms with Crippen molar-refractivity contribution >= 4 is 22.2 Å². The Morgan fingerprint density at radius 1 is 0.952 bits per heavy atom. The van der Waals surface area contributed by atoms with Gasteiger partial charge in [0.1, 0.15) is 16.4 Å². The van der Waals surface area contributed by atoms with Crippen LogP contribution in [0.4, 0.5) is 0 Å². The van der Waals surface area contributed by atoms with E-state index < -0.39 is 0 Å². The number of rotatable bonds is 2. The molecule has 0 aliphatic heterocycles. The van der Waals surface area contributed by atoms with E-state index in [9.17, 15) is 0 Å². The summed E-state index contributed by atoms with van der Waals surface area (Å²) in [6.45, 7) is 0. The van der Waals surface area contributed by atoms with Gasteiger partial charge in [0.25, 0.3) is 0 Å². The van der Waals surface area contributed by atoms with Crippen molar-refractivity contribution < 1.29 is 0 Å². The molecular formula is C16H12N4S. The zero-order chi connectivity index (χ0) is 14.2. The number of para-hydroxylation sites is 1. The minimum atomic E-state index is 0.890. The van der Waals surface area contributed by atoms with Crippen LogP contribution in [0.25, 0.3) is 33.0 Å². The molecule has 0 spiro atoms. The van der Waals surface area contributed by atoms with E-state index in [0.717, 1.165) is 33.0 Å². The van der Waals surface area contributed by atoms with Crippen molar-refractivity contribution in [1.82, 2.24) is 19.5 Å². The number of hydrogen-bond donors (Lipinski definition) is 0. The van der Waals surface area contributed by atoms with Crippen molar-refractivity contribution in [3.63, 3.8) is 0 Å². The van der Waals surface area contributed by atoms with Crippen LogP contribution in [0, 0.1) is 0 Å². The Morgan fingerprint density at radius 2 is 1.86 bits per heavy atom. The van der Waals surface area contributed by atoms with Crippen molar-refractivity contribution in [2.45, 2.75) is 0 Å². The van der Waals surface area contributed by atoms with Gasteiger partial charge >= 0.3 is 0 Å². The molecule has 102 valence electrons. The van der Waals surface area contributed by atoms with Crippen LogP contribution in [-0.4, -0.2) is 19.5 Å². The first kappa shape index (κ1) is 12.2. The van der Waals surface area contributed by atoms with Gasteiger partial charge in [0.2, 0.25) is 0 Å². The summed E-state index contributed by atoms with van der Waals surface area (Å²) in [5, 5.41) is 4.08. The number of benzene rings is 1. The van der Waals surface area contributed by atoms with Crippen LogP contribution in [0.5, 0.6) is 0 Å². The number of nitrogens with zero attached hydrogens (tertiary/aromatic N) is 4.